The van der Waals surface area contributed by atoms with Gasteiger partial charge in [-0.25, -0.2) is 0 Å². The summed E-state index contributed by atoms with van der Waals surface area (Å²) < 4.78 is 5.47. The number of hydrogen-bond acceptors (Lipinski definition) is 2. The van der Waals surface area contributed by atoms with E-state index in [1.54, 1.807) is 0 Å². The quantitative estimate of drug-likeness (QED) is 0.412. The molecule has 0 radical (unpaired) electrons. The maximum absolute atomic E-state index is 5.96. The van der Waals surface area contributed by atoms with Crippen LogP contribution >= 0.6 is 0 Å². The van der Waals surface area contributed by atoms with Crippen LogP contribution in [0.1, 0.15) is 52.4 Å². The molecule has 0 aromatic heterocycles. The molecule has 0 unspecified atom stereocenters. The lowest BCUT2D eigenvalue weighted by molar-refractivity contribution is 0.0764. The SMILES string of the molecule is CC(C)OCCCCN=C(N)C1CCCC1. The van der Waals surface area contributed by atoms with Crippen LogP contribution in [0.15, 0.2) is 4.99 Å². The number of unbranched alkanes of at least 4 members (excludes halogenated alkanes) is 1. The first-order valence-electron chi connectivity index (χ1n) is 6.61. The van der Waals surface area contributed by atoms with E-state index in [0.29, 0.717) is 12.0 Å². The third kappa shape index (κ3) is 5.50. The highest BCUT2D eigenvalue weighted by Gasteiger charge is 2.17. The van der Waals surface area contributed by atoms with E-state index in [1.165, 1.54) is 25.7 Å². The summed E-state index contributed by atoms with van der Waals surface area (Å²) >= 11 is 0. The highest BCUT2D eigenvalue weighted by molar-refractivity contribution is 5.83. The molecule has 0 spiro atoms. The van der Waals surface area contributed by atoms with Gasteiger partial charge in [0.2, 0.25) is 0 Å². The Labute approximate surface area is 99.5 Å². The van der Waals surface area contributed by atoms with Gasteiger partial charge in [0.1, 0.15) is 0 Å². The molecular weight excluding hydrogens is 200 g/mol. The summed E-state index contributed by atoms with van der Waals surface area (Å²) in [7, 11) is 0. The Morgan fingerprint density at radius 1 is 1.31 bits per heavy atom. The van der Waals surface area contributed by atoms with Crippen molar-refractivity contribution in [3.8, 4) is 0 Å². The largest absolute Gasteiger partial charge is 0.387 e. The summed E-state index contributed by atoms with van der Waals surface area (Å²) in [6.07, 6.45) is 7.64. The van der Waals surface area contributed by atoms with Crippen molar-refractivity contribution in [2.24, 2.45) is 16.6 Å². The fourth-order valence-corrected chi connectivity index (χ4v) is 2.09. The molecule has 1 rings (SSSR count). The van der Waals surface area contributed by atoms with Crippen molar-refractivity contribution in [1.29, 1.82) is 0 Å². The lowest BCUT2D eigenvalue weighted by atomic mass is 10.1. The molecular formula is C13H26N2O. The van der Waals surface area contributed by atoms with Crippen molar-refractivity contribution in [1.82, 2.24) is 0 Å². The summed E-state index contributed by atoms with van der Waals surface area (Å²) in [5, 5.41) is 0. The van der Waals surface area contributed by atoms with Crippen LogP contribution in [0, 0.1) is 5.92 Å². The van der Waals surface area contributed by atoms with Gasteiger partial charge in [-0.15, -0.1) is 0 Å². The predicted molar refractivity (Wildman–Crippen MR) is 68.8 cm³/mol. The minimum Gasteiger partial charge on any atom is -0.387 e. The lowest BCUT2D eigenvalue weighted by Crippen LogP contribution is -2.21. The summed E-state index contributed by atoms with van der Waals surface area (Å²) in [4.78, 5) is 4.46. The van der Waals surface area contributed by atoms with Crippen molar-refractivity contribution in [2.45, 2.75) is 58.5 Å². The Morgan fingerprint density at radius 2 is 2.00 bits per heavy atom. The van der Waals surface area contributed by atoms with Crippen LogP contribution in [0.2, 0.25) is 0 Å². The number of ether oxygens (including phenoxy) is 1. The smallest absolute Gasteiger partial charge is 0.0968 e. The van der Waals surface area contributed by atoms with E-state index in [1.807, 2.05) is 0 Å². The molecule has 16 heavy (non-hydrogen) atoms. The zero-order valence-electron chi connectivity index (χ0n) is 10.7. The standard InChI is InChI=1S/C13H26N2O/c1-11(2)16-10-6-5-9-15-13(14)12-7-3-4-8-12/h11-12H,3-10H2,1-2H3,(H2,14,15). The van der Waals surface area contributed by atoms with Crippen LogP contribution in [-0.2, 0) is 4.74 Å². The number of rotatable bonds is 7. The predicted octanol–water partition coefficient (Wildman–Crippen LogP) is 2.74. The van der Waals surface area contributed by atoms with Gasteiger partial charge in [0, 0.05) is 19.1 Å². The van der Waals surface area contributed by atoms with Crippen LogP contribution in [0.4, 0.5) is 0 Å². The molecule has 0 aromatic carbocycles. The van der Waals surface area contributed by atoms with Gasteiger partial charge in [-0.05, 0) is 39.5 Å². The van der Waals surface area contributed by atoms with Crippen LogP contribution in [0.3, 0.4) is 0 Å². The maximum Gasteiger partial charge on any atom is 0.0968 e. The van der Waals surface area contributed by atoms with Crippen LogP contribution in [0.25, 0.3) is 0 Å². The van der Waals surface area contributed by atoms with Gasteiger partial charge in [-0.1, -0.05) is 12.8 Å². The highest BCUT2D eigenvalue weighted by atomic mass is 16.5. The molecule has 1 aliphatic rings. The van der Waals surface area contributed by atoms with Gasteiger partial charge in [0.15, 0.2) is 0 Å². The number of aliphatic imine (C=N–C) groups is 1. The molecule has 0 atom stereocenters. The number of hydrogen-bond donors (Lipinski definition) is 1. The average Bonchev–Trinajstić information content (AvgIpc) is 2.75. The Kier molecular flexibility index (Phi) is 6.46. The van der Waals surface area contributed by atoms with E-state index in [4.69, 9.17) is 10.5 Å². The monoisotopic (exact) mass is 226 g/mol. The molecule has 94 valence electrons. The number of nitrogens with zero attached hydrogens (tertiary/aromatic N) is 1. The topological polar surface area (TPSA) is 47.6 Å². The Hall–Kier alpha value is -0.570. The molecule has 0 bridgehead atoms. The molecule has 1 aliphatic carbocycles. The first kappa shape index (κ1) is 13.5. The Balaban J connectivity index is 2.02. The molecule has 0 heterocycles. The van der Waals surface area contributed by atoms with E-state index in [2.05, 4.69) is 18.8 Å². The lowest BCUT2D eigenvalue weighted by Gasteiger charge is -2.08. The summed E-state index contributed by atoms with van der Waals surface area (Å²) in [6, 6.07) is 0. The van der Waals surface area contributed by atoms with Crippen molar-refractivity contribution >= 4 is 5.84 Å². The second-order valence-corrected chi connectivity index (χ2v) is 4.91. The fourth-order valence-electron chi connectivity index (χ4n) is 2.09. The molecule has 3 heteroatoms. The molecule has 1 saturated carbocycles. The minimum atomic E-state index is 0.340. The second-order valence-electron chi connectivity index (χ2n) is 4.91. The van der Waals surface area contributed by atoms with Crippen molar-refractivity contribution in [2.75, 3.05) is 13.2 Å². The first-order valence-corrected chi connectivity index (χ1v) is 6.61. The van der Waals surface area contributed by atoms with Crippen molar-refractivity contribution < 1.29 is 4.74 Å². The van der Waals surface area contributed by atoms with E-state index >= 15 is 0 Å². The third-order valence-corrected chi connectivity index (χ3v) is 3.07. The highest BCUT2D eigenvalue weighted by Crippen LogP contribution is 2.24. The molecule has 3 nitrogen and oxygen atoms in total. The number of nitrogens with two attached hydrogens (primary N) is 1. The second kappa shape index (κ2) is 7.66. The van der Waals surface area contributed by atoms with Crippen molar-refractivity contribution in [3.05, 3.63) is 0 Å². The van der Waals surface area contributed by atoms with Crippen LogP contribution < -0.4 is 5.73 Å². The minimum absolute atomic E-state index is 0.340. The first-order chi connectivity index (χ1) is 7.70. The van der Waals surface area contributed by atoms with Crippen LogP contribution in [0.5, 0.6) is 0 Å². The van der Waals surface area contributed by atoms with Gasteiger partial charge in [-0.2, -0.15) is 0 Å². The molecule has 2 N–H and O–H groups in total. The van der Waals surface area contributed by atoms with Gasteiger partial charge < -0.3 is 10.5 Å². The van der Waals surface area contributed by atoms with E-state index in [-0.39, 0.29) is 0 Å². The molecule has 0 saturated heterocycles. The fraction of sp³-hybridized carbons (Fsp3) is 0.923. The van der Waals surface area contributed by atoms with Crippen molar-refractivity contribution in [3.63, 3.8) is 0 Å². The normalized spacial score (nSPS) is 18.6. The molecule has 0 aromatic rings. The number of amidine groups is 1. The summed E-state index contributed by atoms with van der Waals surface area (Å²) in [5.41, 5.74) is 5.96. The third-order valence-electron chi connectivity index (χ3n) is 3.07. The van der Waals surface area contributed by atoms with Gasteiger partial charge >= 0.3 is 0 Å². The average molecular weight is 226 g/mol. The van der Waals surface area contributed by atoms with Crippen LogP contribution in [-0.4, -0.2) is 25.1 Å². The molecule has 0 aliphatic heterocycles. The molecule has 0 amide bonds. The van der Waals surface area contributed by atoms with E-state index in [9.17, 15) is 0 Å². The van der Waals surface area contributed by atoms with E-state index in [0.717, 1.165) is 31.8 Å². The van der Waals surface area contributed by atoms with Gasteiger partial charge in [0.05, 0.1) is 11.9 Å². The van der Waals surface area contributed by atoms with E-state index < -0.39 is 0 Å². The summed E-state index contributed by atoms with van der Waals surface area (Å²) in [6.45, 7) is 5.84. The maximum atomic E-state index is 5.96. The Morgan fingerprint density at radius 3 is 2.62 bits per heavy atom. The van der Waals surface area contributed by atoms with Gasteiger partial charge in [-0.3, -0.25) is 4.99 Å². The zero-order valence-corrected chi connectivity index (χ0v) is 10.7. The zero-order chi connectivity index (χ0) is 11.8. The summed E-state index contributed by atoms with van der Waals surface area (Å²) in [5.74, 6) is 1.47. The molecule has 1 fully saturated rings. The van der Waals surface area contributed by atoms with Gasteiger partial charge in [0.25, 0.3) is 0 Å². The Bertz CT molecular complexity index is 208.